The first-order chi connectivity index (χ1) is 15.7. The molecule has 3 heterocycles. The first kappa shape index (κ1) is 21.3. The summed E-state index contributed by atoms with van der Waals surface area (Å²) in [5.74, 6) is 0.591. The van der Waals surface area contributed by atoms with Gasteiger partial charge in [0.15, 0.2) is 6.61 Å². The Morgan fingerprint density at radius 2 is 2.19 bits per heavy atom. The Morgan fingerprint density at radius 3 is 3.06 bits per heavy atom. The lowest BCUT2D eigenvalue weighted by atomic mass is 10.2. The molecule has 1 saturated heterocycles. The number of thiophene rings is 1. The van der Waals surface area contributed by atoms with Gasteiger partial charge in [-0.3, -0.25) is 9.69 Å². The van der Waals surface area contributed by atoms with Crippen molar-refractivity contribution in [3.8, 4) is 5.75 Å². The van der Waals surface area contributed by atoms with E-state index in [1.807, 2.05) is 30.5 Å². The Hall–Kier alpha value is -2.52. The third-order valence-electron chi connectivity index (χ3n) is 5.53. The molecule has 1 unspecified atom stereocenters. The maximum absolute atomic E-state index is 12.5. The van der Waals surface area contributed by atoms with E-state index in [2.05, 4.69) is 39.5 Å². The van der Waals surface area contributed by atoms with E-state index >= 15 is 0 Å². The van der Waals surface area contributed by atoms with Gasteiger partial charge in [-0.15, -0.1) is 22.7 Å². The van der Waals surface area contributed by atoms with Crippen molar-refractivity contribution in [3.63, 3.8) is 0 Å². The Morgan fingerprint density at radius 1 is 1.31 bits per heavy atom. The van der Waals surface area contributed by atoms with E-state index in [0.29, 0.717) is 13.2 Å². The zero-order chi connectivity index (χ0) is 21.9. The topological polar surface area (TPSA) is 63.7 Å². The van der Waals surface area contributed by atoms with Crippen LogP contribution in [0.25, 0.3) is 20.3 Å². The molecule has 0 bridgehead atoms. The average Bonchev–Trinajstić information content (AvgIpc) is 3.43. The number of carbonyl (C=O) groups is 1. The Labute approximate surface area is 194 Å². The van der Waals surface area contributed by atoms with Gasteiger partial charge < -0.3 is 14.8 Å². The zero-order valence-corrected chi connectivity index (χ0v) is 19.5. The Bertz CT molecular complexity index is 1220. The van der Waals surface area contributed by atoms with E-state index in [9.17, 15) is 4.79 Å². The lowest BCUT2D eigenvalue weighted by Gasteiger charge is -2.33. The van der Waals surface area contributed by atoms with Crippen LogP contribution in [0.2, 0.25) is 0 Å². The standard InChI is InChI=1S/C24H25N3O3S2/c1-16-26-23-21(32-16)11-20(19-7-10-31-24(19)23)30-15-22(28)25-12-18-14-27(8-9-29-18)13-17-5-3-2-4-6-17/h2-7,10-11,18H,8-9,12-15H2,1H3,(H,25,28). The highest BCUT2D eigenvalue weighted by molar-refractivity contribution is 7.21. The van der Waals surface area contributed by atoms with Gasteiger partial charge in [-0.2, -0.15) is 0 Å². The Kier molecular flexibility index (Phi) is 6.36. The van der Waals surface area contributed by atoms with Crippen LogP contribution in [0, 0.1) is 6.92 Å². The highest BCUT2D eigenvalue weighted by Crippen LogP contribution is 2.38. The van der Waals surface area contributed by atoms with Crippen LogP contribution in [-0.2, 0) is 16.1 Å². The summed E-state index contributed by atoms with van der Waals surface area (Å²) >= 11 is 3.29. The van der Waals surface area contributed by atoms with E-state index in [0.717, 1.165) is 50.7 Å². The number of amides is 1. The van der Waals surface area contributed by atoms with Crippen molar-refractivity contribution in [1.29, 1.82) is 0 Å². The van der Waals surface area contributed by atoms with Crippen LogP contribution in [0.4, 0.5) is 0 Å². The number of carbonyl (C=O) groups excluding carboxylic acids is 1. The SMILES string of the molecule is Cc1nc2c(cc(OCC(=O)NCC3CN(Cc4ccccc4)CCO3)c3ccsc32)s1. The van der Waals surface area contributed by atoms with Crippen LogP contribution >= 0.6 is 22.7 Å². The first-order valence-electron chi connectivity index (χ1n) is 10.7. The fourth-order valence-corrected chi connectivity index (χ4v) is 5.85. The van der Waals surface area contributed by atoms with Crippen molar-refractivity contribution >= 4 is 48.9 Å². The minimum absolute atomic E-state index is 0.0171. The van der Waals surface area contributed by atoms with Crippen LogP contribution < -0.4 is 10.1 Å². The fraction of sp³-hybridized carbons (Fsp3) is 0.333. The molecule has 8 heteroatoms. The van der Waals surface area contributed by atoms with Gasteiger partial charge in [-0.1, -0.05) is 30.3 Å². The summed E-state index contributed by atoms with van der Waals surface area (Å²) in [5, 5.41) is 7.04. The van der Waals surface area contributed by atoms with Crippen molar-refractivity contribution in [1.82, 2.24) is 15.2 Å². The third kappa shape index (κ3) is 4.78. The van der Waals surface area contributed by atoms with Gasteiger partial charge in [0.25, 0.3) is 5.91 Å². The molecule has 5 rings (SSSR count). The van der Waals surface area contributed by atoms with Crippen LogP contribution in [0.3, 0.4) is 0 Å². The number of ether oxygens (including phenoxy) is 2. The summed E-state index contributed by atoms with van der Waals surface area (Å²) in [4.78, 5) is 19.5. The summed E-state index contributed by atoms with van der Waals surface area (Å²) < 4.78 is 14.0. The summed E-state index contributed by atoms with van der Waals surface area (Å²) in [6.45, 7) is 5.74. The highest BCUT2D eigenvalue weighted by Gasteiger charge is 2.21. The maximum atomic E-state index is 12.5. The number of aromatic nitrogens is 1. The van der Waals surface area contributed by atoms with Gasteiger partial charge in [0.2, 0.25) is 0 Å². The molecule has 166 valence electrons. The number of nitrogens with one attached hydrogen (secondary N) is 1. The molecule has 1 amide bonds. The molecule has 0 aliphatic carbocycles. The normalized spacial score (nSPS) is 17.1. The molecule has 0 radical (unpaired) electrons. The number of benzene rings is 2. The summed E-state index contributed by atoms with van der Waals surface area (Å²) in [7, 11) is 0. The minimum atomic E-state index is -0.141. The second-order valence-corrected chi connectivity index (χ2v) is 10.1. The monoisotopic (exact) mass is 467 g/mol. The molecule has 1 aliphatic heterocycles. The van der Waals surface area contributed by atoms with E-state index in [1.54, 1.807) is 22.7 Å². The summed E-state index contributed by atoms with van der Waals surface area (Å²) in [5.41, 5.74) is 2.31. The van der Waals surface area contributed by atoms with Crippen molar-refractivity contribution in [2.45, 2.75) is 19.6 Å². The minimum Gasteiger partial charge on any atom is -0.483 e. The van der Waals surface area contributed by atoms with Gasteiger partial charge in [0.05, 0.1) is 32.6 Å². The predicted molar refractivity (Wildman–Crippen MR) is 130 cm³/mol. The van der Waals surface area contributed by atoms with Crippen molar-refractivity contribution in [2.24, 2.45) is 0 Å². The molecule has 0 saturated carbocycles. The smallest absolute Gasteiger partial charge is 0.258 e. The van der Waals surface area contributed by atoms with Gasteiger partial charge in [0, 0.05) is 37.6 Å². The third-order valence-corrected chi connectivity index (χ3v) is 7.36. The Balaban J connectivity index is 1.15. The molecule has 2 aromatic carbocycles. The fourth-order valence-electron chi connectivity index (χ4n) is 4.02. The lowest BCUT2D eigenvalue weighted by Crippen LogP contribution is -2.47. The number of aryl methyl sites for hydroxylation is 1. The number of nitrogens with zero attached hydrogens (tertiary/aromatic N) is 2. The molecule has 2 aromatic heterocycles. The molecule has 1 fully saturated rings. The highest BCUT2D eigenvalue weighted by atomic mass is 32.1. The van der Waals surface area contributed by atoms with Gasteiger partial charge in [0.1, 0.15) is 5.75 Å². The second kappa shape index (κ2) is 9.54. The molecular formula is C24H25N3O3S2. The zero-order valence-electron chi connectivity index (χ0n) is 17.9. The first-order valence-corrected chi connectivity index (χ1v) is 12.4. The van der Waals surface area contributed by atoms with Crippen molar-refractivity contribution < 1.29 is 14.3 Å². The number of hydrogen-bond donors (Lipinski definition) is 1. The number of thiazole rings is 1. The van der Waals surface area contributed by atoms with E-state index in [1.165, 1.54) is 5.56 Å². The lowest BCUT2D eigenvalue weighted by molar-refractivity contribution is -0.124. The van der Waals surface area contributed by atoms with Gasteiger partial charge in [-0.05, 0) is 23.9 Å². The molecule has 1 atom stereocenters. The molecule has 32 heavy (non-hydrogen) atoms. The van der Waals surface area contributed by atoms with Crippen molar-refractivity contribution in [3.05, 3.63) is 58.4 Å². The second-order valence-electron chi connectivity index (χ2n) is 7.92. The molecule has 1 N–H and O–H groups in total. The predicted octanol–water partition coefficient (Wildman–Crippen LogP) is 4.22. The molecular weight excluding hydrogens is 442 g/mol. The molecule has 0 spiro atoms. The molecule has 6 nitrogen and oxygen atoms in total. The molecule has 1 aliphatic rings. The molecule has 4 aromatic rings. The van der Waals surface area contributed by atoms with Crippen LogP contribution in [-0.4, -0.2) is 54.7 Å². The van der Waals surface area contributed by atoms with E-state index in [-0.39, 0.29) is 18.6 Å². The van der Waals surface area contributed by atoms with Crippen LogP contribution in [0.15, 0.2) is 47.8 Å². The average molecular weight is 468 g/mol. The number of morpholine rings is 1. The van der Waals surface area contributed by atoms with Crippen LogP contribution in [0.1, 0.15) is 10.6 Å². The largest absolute Gasteiger partial charge is 0.483 e. The summed E-state index contributed by atoms with van der Waals surface area (Å²) in [6.07, 6.45) is -0.0171. The number of rotatable bonds is 7. The quantitative estimate of drug-likeness (QED) is 0.441. The van der Waals surface area contributed by atoms with Gasteiger partial charge in [-0.25, -0.2) is 4.98 Å². The van der Waals surface area contributed by atoms with Crippen LogP contribution in [0.5, 0.6) is 5.75 Å². The summed E-state index contributed by atoms with van der Waals surface area (Å²) in [6, 6.07) is 14.4. The van der Waals surface area contributed by atoms with E-state index < -0.39 is 0 Å². The number of hydrogen-bond acceptors (Lipinski definition) is 7. The van der Waals surface area contributed by atoms with Gasteiger partial charge >= 0.3 is 0 Å². The van der Waals surface area contributed by atoms with Crippen molar-refractivity contribution in [2.75, 3.05) is 32.8 Å². The number of fused-ring (bicyclic) bond motifs is 3. The van der Waals surface area contributed by atoms with E-state index in [4.69, 9.17) is 9.47 Å². The maximum Gasteiger partial charge on any atom is 0.258 e.